The fourth-order valence-corrected chi connectivity index (χ4v) is 8.57. The molecule has 3 aliphatic heterocycles. The van der Waals surface area contributed by atoms with Crippen LogP contribution in [0.25, 0.3) is 11.4 Å². The average molecular weight is 996 g/mol. The standard InChI is InChI=1S/C52H73N3O16/c1-32-18-14-11-9-7-5-3-4-6-8-10-12-17-21-38(69-51-48(65)47(53)43(63)31-67-51)28-44-46(50-54-49(55-71-50)34-19-15-13-16-20-34)42(62)30-52(66,70-44)29-37(58)26-41(61)39(59)23-22-35(56)25-36(57)27-45(64)68-33(2)24-40(32)60/h3-21,32-33,35-44,46-48,51,56-63,65-66H,22-31,53H2,1-2H3/b4-3+,7-5+,8-6+,11-9+,12-10+,18-14+,21-17+/t32-,33-,35?,36+,37-,38-,39+,40-,41+,42-,43+,44-,46+,47-,48-,51-,52+/m0/s1. The lowest BCUT2D eigenvalue weighted by Crippen LogP contribution is -2.58. The van der Waals surface area contributed by atoms with E-state index < -0.39 is 129 Å². The molecule has 392 valence electrons. The summed E-state index contributed by atoms with van der Waals surface area (Å²) in [6.45, 7) is 3.24. The molecule has 0 aliphatic carbocycles. The van der Waals surface area contributed by atoms with Crippen molar-refractivity contribution >= 4 is 5.97 Å². The summed E-state index contributed by atoms with van der Waals surface area (Å²) in [6, 6.07) is 7.87. The normalized spacial score (nSPS) is 40.5. The molecule has 5 rings (SSSR count). The lowest BCUT2D eigenvalue weighted by atomic mass is 9.82. The van der Waals surface area contributed by atoms with E-state index in [1.807, 2.05) is 55.5 Å². The molecule has 1 aromatic heterocycles. The maximum Gasteiger partial charge on any atom is 0.308 e. The Morgan fingerprint density at radius 1 is 0.676 bits per heavy atom. The van der Waals surface area contributed by atoms with Gasteiger partial charge in [0.15, 0.2) is 12.1 Å². The van der Waals surface area contributed by atoms with E-state index in [2.05, 4.69) is 10.1 Å². The average Bonchev–Trinajstić information content (AvgIpc) is 3.80. The van der Waals surface area contributed by atoms with E-state index >= 15 is 0 Å². The number of rotatable bonds is 4. The van der Waals surface area contributed by atoms with Gasteiger partial charge in [0.2, 0.25) is 11.7 Å². The number of aliphatic hydroxyl groups is 10. The molecule has 3 aliphatic rings. The van der Waals surface area contributed by atoms with Crippen molar-refractivity contribution in [3.63, 3.8) is 0 Å². The van der Waals surface area contributed by atoms with Gasteiger partial charge < -0.3 is 80.3 Å². The number of esters is 1. The van der Waals surface area contributed by atoms with Gasteiger partial charge in [0.1, 0.15) is 12.2 Å². The van der Waals surface area contributed by atoms with Gasteiger partial charge >= 0.3 is 5.97 Å². The number of aliphatic hydroxyl groups excluding tert-OH is 9. The Hall–Kier alpha value is -4.55. The Bertz CT molecular complexity index is 2110. The van der Waals surface area contributed by atoms with Gasteiger partial charge in [-0.25, -0.2) is 0 Å². The molecule has 1 unspecified atom stereocenters. The fraction of sp³-hybridized carbons (Fsp3) is 0.558. The molecule has 4 heterocycles. The number of cyclic esters (lactones) is 1. The van der Waals surface area contributed by atoms with Crippen molar-refractivity contribution in [3.05, 3.63) is 121 Å². The van der Waals surface area contributed by atoms with Crippen LogP contribution in [-0.2, 0) is 23.7 Å². The quantitative estimate of drug-likeness (QED) is 0.196. The smallest absolute Gasteiger partial charge is 0.308 e. The molecule has 71 heavy (non-hydrogen) atoms. The van der Waals surface area contributed by atoms with E-state index in [-0.39, 0.29) is 56.3 Å². The van der Waals surface area contributed by atoms with Gasteiger partial charge in [-0.15, -0.1) is 0 Å². The molecule has 0 radical (unpaired) electrons. The number of hydrogen-bond donors (Lipinski definition) is 11. The van der Waals surface area contributed by atoms with E-state index in [9.17, 15) is 55.9 Å². The van der Waals surface area contributed by atoms with Crippen molar-refractivity contribution in [2.75, 3.05) is 6.61 Å². The second-order valence-corrected chi connectivity index (χ2v) is 18.7. The van der Waals surface area contributed by atoms with Crippen molar-refractivity contribution in [2.24, 2.45) is 11.7 Å². The highest BCUT2D eigenvalue weighted by Gasteiger charge is 2.50. The minimum Gasteiger partial charge on any atom is -0.462 e. The summed E-state index contributed by atoms with van der Waals surface area (Å²) in [7, 11) is 0. The number of benzene rings is 1. The SMILES string of the molecule is C[C@H]1C[C@H](O)[C@@H](C)/C=C/C=C/C=C/C=C/C=C/C=C/C=C/[C@H](O[C@@H]2OC[C@@H](O)[C@H](N)[C@@H]2O)C[C@@H]2O[C@](O)(C[C@@H](O)C[C@@H](O)[C@H](O)CCC(O)C[C@@H](O)CC(=O)O1)C[C@H](O)[C@H]2c1nc(-c2ccccc2)no1. The number of nitrogens with zero attached hydrogens (tertiary/aromatic N) is 2. The largest absolute Gasteiger partial charge is 0.462 e. The second kappa shape index (κ2) is 28.6. The molecule has 2 bridgehead atoms. The first-order valence-electron chi connectivity index (χ1n) is 24.2. The third-order valence-electron chi connectivity index (χ3n) is 12.5. The van der Waals surface area contributed by atoms with Crippen LogP contribution in [0, 0.1) is 5.92 Å². The van der Waals surface area contributed by atoms with E-state index in [1.165, 1.54) is 0 Å². The van der Waals surface area contributed by atoms with Crippen LogP contribution >= 0.6 is 0 Å². The van der Waals surface area contributed by atoms with Crippen LogP contribution in [0.3, 0.4) is 0 Å². The molecule has 19 heteroatoms. The zero-order chi connectivity index (χ0) is 51.5. The summed E-state index contributed by atoms with van der Waals surface area (Å²) in [5.74, 6) is -4.06. The Labute approximate surface area is 414 Å². The number of fused-ring (bicyclic) bond motifs is 2. The number of carbonyl (C=O) groups excluding carboxylic acids is 1. The number of aromatic nitrogens is 2. The van der Waals surface area contributed by atoms with Gasteiger partial charge in [-0.05, 0) is 26.2 Å². The van der Waals surface area contributed by atoms with Crippen LogP contribution in [0.4, 0.5) is 0 Å². The first-order valence-corrected chi connectivity index (χ1v) is 24.2. The molecule has 0 amide bonds. The van der Waals surface area contributed by atoms with Crippen molar-refractivity contribution in [2.45, 2.75) is 169 Å². The second-order valence-electron chi connectivity index (χ2n) is 18.7. The first kappa shape index (κ1) is 57.4. The van der Waals surface area contributed by atoms with Crippen molar-refractivity contribution in [3.8, 4) is 11.4 Å². The van der Waals surface area contributed by atoms with Gasteiger partial charge in [-0.2, -0.15) is 4.98 Å². The summed E-state index contributed by atoms with van der Waals surface area (Å²) in [5, 5.41) is 114. The molecule has 0 saturated carbocycles. The fourth-order valence-electron chi connectivity index (χ4n) is 8.57. The van der Waals surface area contributed by atoms with Crippen molar-refractivity contribution < 1.29 is 79.3 Å². The highest BCUT2D eigenvalue weighted by atomic mass is 16.7. The summed E-state index contributed by atoms with van der Waals surface area (Å²) < 4.78 is 29.3. The maximum absolute atomic E-state index is 12.6. The molecule has 1 aromatic carbocycles. The molecular formula is C52H73N3O16. The van der Waals surface area contributed by atoms with Crippen molar-refractivity contribution in [1.82, 2.24) is 10.1 Å². The van der Waals surface area contributed by atoms with Gasteiger partial charge in [-0.3, -0.25) is 4.79 Å². The third kappa shape index (κ3) is 18.8. The Balaban J connectivity index is 1.39. The van der Waals surface area contributed by atoms with Crippen LogP contribution in [-0.4, -0.2) is 165 Å². The lowest BCUT2D eigenvalue weighted by Gasteiger charge is -2.45. The summed E-state index contributed by atoms with van der Waals surface area (Å²) in [4.78, 5) is 17.1. The molecular weight excluding hydrogens is 923 g/mol. The van der Waals surface area contributed by atoms with Crippen LogP contribution in [0.1, 0.15) is 83.4 Å². The molecule has 12 N–H and O–H groups in total. The molecule has 0 spiro atoms. The molecule has 2 aromatic rings. The van der Waals surface area contributed by atoms with Crippen LogP contribution in [0.2, 0.25) is 0 Å². The van der Waals surface area contributed by atoms with Gasteiger partial charge in [0.25, 0.3) is 0 Å². The molecule has 2 fully saturated rings. The van der Waals surface area contributed by atoms with Gasteiger partial charge in [0.05, 0.1) is 86.0 Å². The van der Waals surface area contributed by atoms with Gasteiger partial charge in [-0.1, -0.05) is 127 Å². The lowest BCUT2D eigenvalue weighted by molar-refractivity contribution is -0.300. The topological polar surface area (TPSA) is 321 Å². The third-order valence-corrected chi connectivity index (χ3v) is 12.5. The summed E-state index contributed by atoms with van der Waals surface area (Å²) in [5.41, 5.74) is 6.69. The highest BCUT2D eigenvalue weighted by molar-refractivity contribution is 5.70. The Morgan fingerprint density at radius 2 is 1.31 bits per heavy atom. The predicted molar refractivity (Wildman–Crippen MR) is 259 cm³/mol. The number of hydrogen-bond acceptors (Lipinski definition) is 19. The highest BCUT2D eigenvalue weighted by Crippen LogP contribution is 2.42. The first-order chi connectivity index (χ1) is 33.9. The van der Waals surface area contributed by atoms with Crippen LogP contribution in [0.5, 0.6) is 0 Å². The number of ether oxygens (including phenoxy) is 4. The number of allylic oxidation sites excluding steroid dienone is 12. The van der Waals surface area contributed by atoms with Crippen molar-refractivity contribution in [1.29, 1.82) is 0 Å². The molecule has 17 atom stereocenters. The van der Waals surface area contributed by atoms with Gasteiger partial charge in [0, 0.05) is 43.6 Å². The summed E-state index contributed by atoms with van der Waals surface area (Å²) in [6.07, 6.45) is 6.71. The van der Waals surface area contributed by atoms with E-state index in [4.69, 9.17) is 29.2 Å². The molecule has 2 saturated heterocycles. The summed E-state index contributed by atoms with van der Waals surface area (Å²) >= 11 is 0. The monoisotopic (exact) mass is 995 g/mol. The van der Waals surface area contributed by atoms with E-state index in [0.29, 0.717) is 5.56 Å². The van der Waals surface area contributed by atoms with E-state index in [1.54, 1.807) is 73.7 Å². The maximum atomic E-state index is 12.6. The predicted octanol–water partition coefficient (Wildman–Crippen LogP) is 2.21. The minimum absolute atomic E-state index is 0.0234. The van der Waals surface area contributed by atoms with Crippen LogP contribution < -0.4 is 5.73 Å². The Kier molecular flexibility index (Phi) is 23.1. The van der Waals surface area contributed by atoms with Crippen LogP contribution in [0.15, 0.2) is 120 Å². The minimum atomic E-state index is -2.23. The molecule has 19 nitrogen and oxygen atoms in total. The zero-order valence-corrected chi connectivity index (χ0v) is 40.2. The number of carbonyl (C=O) groups is 1. The zero-order valence-electron chi connectivity index (χ0n) is 40.2. The number of nitrogens with two attached hydrogens (primary N) is 1. The van der Waals surface area contributed by atoms with E-state index in [0.717, 1.165) is 0 Å². The Morgan fingerprint density at radius 3 is 1.97 bits per heavy atom.